The smallest absolute Gasteiger partial charge is 0.250 e. The van der Waals surface area contributed by atoms with E-state index in [1.54, 1.807) is 11.8 Å². The zero-order valence-electron chi connectivity index (χ0n) is 16.3. The number of nitrogens with one attached hydrogen (secondary N) is 1. The summed E-state index contributed by atoms with van der Waals surface area (Å²) >= 11 is 1.77. The van der Waals surface area contributed by atoms with Crippen molar-refractivity contribution in [1.29, 1.82) is 0 Å². The molecular formula is C20H29N3O2S2. The quantitative estimate of drug-likeness (QED) is 0.684. The number of fused-ring (bicyclic) bond motifs is 1. The van der Waals surface area contributed by atoms with Crippen LogP contribution >= 0.6 is 11.8 Å². The number of carbonyl (C=O) groups is 1. The number of carbonyl (C=O) groups excluding carboxylic acids is 1. The predicted octanol–water partition coefficient (Wildman–Crippen LogP) is 3.88. The van der Waals surface area contributed by atoms with Gasteiger partial charge in [-0.25, -0.2) is 8.51 Å². The van der Waals surface area contributed by atoms with E-state index in [1.165, 1.54) is 5.56 Å². The number of nitrogens with zero attached hydrogens (tertiary/aromatic N) is 1. The van der Waals surface area contributed by atoms with Crippen LogP contribution in [-0.2, 0) is 11.0 Å². The van der Waals surface area contributed by atoms with Crippen molar-refractivity contribution in [2.75, 3.05) is 24.6 Å². The number of H-pyrrole nitrogens is 1. The van der Waals surface area contributed by atoms with Gasteiger partial charge in [0, 0.05) is 41.1 Å². The molecule has 1 atom stereocenters. The molecule has 0 spiro atoms. The molecular weight excluding hydrogens is 378 g/mol. The van der Waals surface area contributed by atoms with Gasteiger partial charge in [0.25, 0.3) is 5.91 Å². The average Bonchev–Trinajstić information content (AvgIpc) is 3.08. The van der Waals surface area contributed by atoms with E-state index in [-0.39, 0.29) is 0 Å². The van der Waals surface area contributed by atoms with Gasteiger partial charge >= 0.3 is 0 Å². The number of aromatic nitrogens is 1. The van der Waals surface area contributed by atoms with Crippen molar-refractivity contribution in [3.05, 3.63) is 29.5 Å². The summed E-state index contributed by atoms with van der Waals surface area (Å²) in [4.78, 5) is 16.4. The first kappa shape index (κ1) is 20.4. The first-order valence-electron chi connectivity index (χ1n) is 9.61. The number of rotatable bonds is 7. The van der Waals surface area contributed by atoms with Crippen molar-refractivity contribution in [3.63, 3.8) is 0 Å². The molecule has 27 heavy (non-hydrogen) atoms. The van der Waals surface area contributed by atoms with Gasteiger partial charge in [-0.1, -0.05) is 20.8 Å². The van der Waals surface area contributed by atoms with Gasteiger partial charge in [0.1, 0.15) is 0 Å². The summed E-state index contributed by atoms with van der Waals surface area (Å²) in [5.74, 6) is 2.28. The summed E-state index contributed by atoms with van der Waals surface area (Å²) in [5, 5.41) is 1.10. The maximum absolute atomic E-state index is 12.0. The maximum Gasteiger partial charge on any atom is 0.250 e. The molecule has 1 aromatic heterocycles. The number of piperidine rings is 1. The molecule has 1 aromatic carbocycles. The summed E-state index contributed by atoms with van der Waals surface area (Å²) in [7, 11) is -0.862. The van der Waals surface area contributed by atoms with Crippen molar-refractivity contribution < 1.29 is 9.00 Å². The number of benzene rings is 1. The summed E-state index contributed by atoms with van der Waals surface area (Å²) < 4.78 is 14.1. The second-order valence-corrected chi connectivity index (χ2v) is 10.4. The Morgan fingerprint density at radius 2 is 2.07 bits per heavy atom. The Hall–Kier alpha value is -1.31. The standard InChI is InChI=1S/C20H29N3O2S2/c1-4-27(25)23-7-5-14(6-8-23)18-11-22-19-16(18)9-15(26-12-13(2)3)10-17(19)20(21)24/h9-11,13-14,22H,4-8,12H2,1-3H3,(H2,21,24). The number of amides is 1. The van der Waals surface area contributed by atoms with Gasteiger partial charge in [-0.15, -0.1) is 11.8 Å². The summed E-state index contributed by atoms with van der Waals surface area (Å²) in [6.45, 7) is 8.04. The molecule has 0 aliphatic carbocycles. The van der Waals surface area contributed by atoms with Crippen molar-refractivity contribution in [2.24, 2.45) is 11.7 Å². The molecule has 1 unspecified atom stereocenters. The third-order valence-electron chi connectivity index (χ3n) is 5.07. The van der Waals surface area contributed by atoms with Crippen molar-refractivity contribution in [3.8, 4) is 0 Å². The fraction of sp³-hybridized carbons (Fsp3) is 0.550. The van der Waals surface area contributed by atoms with Gasteiger partial charge in [-0.2, -0.15) is 0 Å². The van der Waals surface area contributed by atoms with Crippen LogP contribution in [0, 0.1) is 5.92 Å². The lowest BCUT2D eigenvalue weighted by Gasteiger charge is -2.30. The lowest BCUT2D eigenvalue weighted by atomic mass is 9.89. The predicted molar refractivity (Wildman–Crippen MR) is 115 cm³/mol. The Labute approximate surface area is 168 Å². The first-order valence-corrected chi connectivity index (χ1v) is 11.9. The molecule has 7 heteroatoms. The van der Waals surface area contributed by atoms with E-state index in [0.717, 1.165) is 47.5 Å². The molecule has 0 radical (unpaired) electrons. The fourth-order valence-corrected chi connectivity index (χ4v) is 5.57. The van der Waals surface area contributed by atoms with Crippen LogP contribution in [0.15, 0.2) is 23.2 Å². The highest BCUT2D eigenvalue weighted by molar-refractivity contribution is 7.99. The van der Waals surface area contributed by atoms with Crippen LogP contribution in [0.5, 0.6) is 0 Å². The molecule has 1 aliphatic heterocycles. The van der Waals surface area contributed by atoms with Gasteiger partial charge in [0.15, 0.2) is 0 Å². The minimum atomic E-state index is -0.862. The maximum atomic E-state index is 12.0. The molecule has 0 saturated carbocycles. The first-order chi connectivity index (χ1) is 12.9. The largest absolute Gasteiger partial charge is 0.366 e. The van der Waals surface area contributed by atoms with E-state index in [0.29, 0.717) is 23.2 Å². The molecule has 1 amide bonds. The van der Waals surface area contributed by atoms with Crippen LogP contribution in [0.1, 0.15) is 55.5 Å². The minimum Gasteiger partial charge on any atom is -0.366 e. The van der Waals surface area contributed by atoms with Gasteiger partial charge in [-0.05, 0) is 42.4 Å². The van der Waals surface area contributed by atoms with Gasteiger partial charge in [0.2, 0.25) is 0 Å². The topological polar surface area (TPSA) is 79.2 Å². The second kappa shape index (κ2) is 8.80. The molecule has 3 rings (SSSR count). The molecule has 1 aliphatic rings. The number of aromatic amines is 1. The van der Waals surface area contributed by atoms with Crippen LogP contribution in [0.2, 0.25) is 0 Å². The normalized spacial score (nSPS) is 17.6. The third-order valence-corrected chi connectivity index (χ3v) is 7.91. The minimum absolute atomic E-state index is 0.395. The van der Waals surface area contributed by atoms with E-state index in [1.807, 2.05) is 19.2 Å². The Bertz CT molecular complexity index is 839. The highest BCUT2D eigenvalue weighted by Crippen LogP contribution is 2.37. The molecule has 0 bridgehead atoms. The van der Waals surface area contributed by atoms with Crippen molar-refractivity contribution in [1.82, 2.24) is 9.29 Å². The number of primary amides is 1. The number of hydrogen-bond donors (Lipinski definition) is 2. The highest BCUT2D eigenvalue weighted by atomic mass is 32.2. The van der Waals surface area contributed by atoms with E-state index in [9.17, 15) is 9.00 Å². The van der Waals surface area contributed by atoms with Crippen LogP contribution in [-0.4, -0.2) is 44.0 Å². The van der Waals surface area contributed by atoms with E-state index < -0.39 is 16.9 Å². The molecule has 5 nitrogen and oxygen atoms in total. The SMILES string of the molecule is CCS(=O)N1CCC(c2c[nH]c3c(C(N)=O)cc(SCC(C)C)cc23)CC1. The van der Waals surface area contributed by atoms with Crippen molar-refractivity contribution >= 4 is 39.6 Å². The van der Waals surface area contributed by atoms with Crippen LogP contribution in [0.25, 0.3) is 10.9 Å². The molecule has 3 N–H and O–H groups in total. The lowest BCUT2D eigenvalue weighted by molar-refractivity contribution is 0.100. The molecule has 1 saturated heterocycles. The van der Waals surface area contributed by atoms with Gasteiger partial charge < -0.3 is 10.7 Å². The lowest BCUT2D eigenvalue weighted by Crippen LogP contribution is -2.35. The van der Waals surface area contributed by atoms with Crippen LogP contribution in [0.4, 0.5) is 0 Å². The van der Waals surface area contributed by atoms with E-state index in [4.69, 9.17) is 5.73 Å². The molecule has 2 heterocycles. The average molecular weight is 408 g/mol. The zero-order chi connectivity index (χ0) is 19.6. The van der Waals surface area contributed by atoms with E-state index >= 15 is 0 Å². The number of nitrogens with two attached hydrogens (primary N) is 1. The van der Waals surface area contributed by atoms with Crippen LogP contribution < -0.4 is 5.73 Å². The van der Waals surface area contributed by atoms with Gasteiger partial charge in [-0.3, -0.25) is 4.79 Å². The monoisotopic (exact) mass is 407 g/mol. The molecule has 1 fully saturated rings. The van der Waals surface area contributed by atoms with Crippen LogP contribution in [0.3, 0.4) is 0 Å². The van der Waals surface area contributed by atoms with Crippen molar-refractivity contribution in [2.45, 2.75) is 44.4 Å². The Morgan fingerprint density at radius 3 is 2.67 bits per heavy atom. The Kier molecular flexibility index (Phi) is 6.65. The summed E-state index contributed by atoms with van der Waals surface area (Å²) in [6, 6.07) is 4.10. The van der Waals surface area contributed by atoms with Gasteiger partial charge in [0.05, 0.1) is 22.1 Å². The second-order valence-electron chi connectivity index (χ2n) is 7.52. The number of thioether (sulfide) groups is 1. The Balaban J connectivity index is 1.90. The third kappa shape index (κ3) is 4.58. The molecule has 2 aromatic rings. The number of hydrogen-bond acceptors (Lipinski definition) is 3. The Morgan fingerprint density at radius 1 is 1.37 bits per heavy atom. The van der Waals surface area contributed by atoms with E-state index in [2.05, 4.69) is 29.2 Å². The fourth-order valence-electron chi connectivity index (χ4n) is 3.66. The highest BCUT2D eigenvalue weighted by Gasteiger charge is 2.26. The summed E-state index contributed by atoms with van der Waals surface area (Å²) in [6.07, 6.45) is 3.99. The summed E-state index contributed by atoms with van der Waals surface area (Å²) in [5.41, 5.74) is 8.31. The zero-order valence-corrected chi connectivity index (χ0v) is 17.9. The molecule has 148 valence electrons.